The monoisotopic (exact) mass is 201 g/mol. The number of aryl methyl sites for hydroxylation is 1. The average Bonchev–Trinajstić information content (AvgIpc) is 2.35. The van der Waals surface area contributed by atoms with E-state index in [1.165, 1.54) is 0 Å². The number of thioether (sulfide) groups is 1. The number of rotatable bonds is 4. The molecule has 0 aliphatic rings. The summed E-state index contributed by atoms with van der Waals surface area (Å²) < 4.78 is 1.95. The lowest BCUT2D eigenvalue weighted by Crippen LogP contribution is -2.01. The predicted octanol–water partition coefficient (Wildman–Crippen LogP) is 0.987. The first-order valence-electron chi connectivity index (χ1n) is 4.28. The first-order chi connectivity index (χ1) is 6.11. The second-order valence-electron chi connectivity index (χ2n) is 3.07. The van der Waals surface area contributed by atoms with E-state index in [0.29, 0.717) is 0 Å². The molecule has 0 fully saturated rings. The molecule has 0 bridgehead atoms. The van der Waals surface area contributed by atoms with Crippen LogP contribution in [0, 0.1) is 6.92 Å². The van der Waals surface area contributed by atoms with Crippen LogP contribution in [-0.4, -0.2) is 31.7 Å². The van der Waals surface area contributed by atoms with Crippen molar-refractivity contribution in [3.63, 3.8) is 0 Å². The fraction of sp³-hybridized carbons (Fsp3) is 0.750. The number of hydrogen-bond acceptors (Lipinski definition) is 4. The number of aromatic nitrogens is 3. The van der Waals surface area contributed by atoms with Gasteiger partial charge in [-0.2, -0.15) is 0 Å². The van der Waals surface area contributed by atoms with Crippen LogP contribution in [0.4, 0.5) is 0 Å². The van der Waals surface area contributed by atoms with Crippen LogP contribution in [0.5, 0.6) is 0 Å². The maximum absolute atomic E-state index is 9.05. The minimum absolute atomic E-state index is 0.234. The first-order valence-corrected chi connectivity index (χ1v) is 5.26. The lowest BCUT2D eigenvalue weighted by molar-refractivity contribution is 0.192. The Morgan fingerprint density at radius 3 is 2.69 bits per heavy atom. The number of aliphatic hydroxyl groups is 1. The zero-order valence-electron chi connectivity index (χ0n) is 8.19. The minimum atomic E-state index is -0.234. The summed E-state index contributed by atoms with van der Waals surface area (Å²) in [6, 6.07) is 0. The van der Waals surface area contributed by atoms with Crippen molar-refractivity contribution >= 4 is 11.8 Å². The molecule has 0 spiro atoms. The maximum atomic E-state index is 9.05. The van der Waals surface area contributed by atoms with Crippen LogP contribution in [0.25, 0.3) is 0 Å². The molecule has 5 heteroatoms. The van der Waals surface area contributed by atoms with Gasteiger partial charge in [-0.3, -0.25) is 0 Å². The van der Waals surface area contributed by atoms with E-state index in [4.69, 9.17) is 5.11 Å². The van der Waals surface area contributed by atoms with E-state index < -0.39 is 0 Å². The topological polar surface area (TPSA) is 50.9 Å². The Kier molecular flexibility index (Phi) is 3.74. The highest BCUT2D eigenvalue weighted by Gasteiger charge is 2.05. The van der Waals surface area contributed by atoms with Crippen LogP contribution in [-0.2, 0) is 7.05 Å². The number of aliphatic hydroxyl groups excluding tert-OH is 1. The molecular weight excluding hydrogens is 186 g/mol. The quantitative estimate of drug-likeness (QED) is 0.738. The van der Waals surface area contributed by atoms with E-state index in [9.17, 15) is 0 Å². The molecule has 0 amide bonds. The second-order valence-corrected chi connectivity index (χ2v) is 4.14. The van der Waals surface area contributed by atoms with E-state index >= 15 is 0 Å². The van der Waals surface area contributed by atoms with Gasteiger partial charge in [-0.1, -0.05) is 11.8 Å². The zero-order chi connectivity index (χ0) is 9.84. The average molecular weight is 201 g/mol. The third kappa shape index (κ3) is 3.00. The van der Waals surface area contributed by atoms with Gasteiger partial charge >= 0.3 is 0 Å². The minimum Gasteiger partial charge on any atom is -0.393 e. The van der Waals surface area contributed by atoms with Crippen molar-refractivity contribution in [3.05, 3.63) is 5.82 Å². The molecule has 13 heavy (non-hydrogen) atoms. The van der Waals surface area contributed by atoms with Gasteiger partial charge < -0.3 is 9.67 Å². The fourth-order valence-electron chi connectivity index (χ4n) is 0.834. The summed E-state index contributed by atoms with van der Waals surface area (Å²) in [5.41, 5.74) is 0. The molecule has 0 aromatic carbocycles. The van der Waals surface area contributed by atoms with Gasteiger partial charge in [0, 0.05) is 12.8 Å². The van der Waals surface area contributed by atoms with Gasteiger partial charge in [-0.15, -0.1) is 10.2 Å². The summed E-state index contributed by atoms with van der Waals surface area (Å²) in [5.74, 6) is 1.79. The standard InChI is InChI=1S/C8H15N3OS/c1-6(12)4-5-13-8-10-9-7(2)11(8)3/h6,12H,4-5H2,1-3H3. The van der Waals surface area contributed by atoms with E-state index in [1.54, 1.807) is 18.7 Å². The van der Waals surface area contributed by atoms with Gasteiger partial charge in [-0.05, 0) is 20.3 Å². The van der Waals surface area contributed by atoms with Gasteiger partial charge in [0.25, 0.3) is 0 Å². The lowest BCUT2D eigenvalue weighted by atomic mass is 10.3. The molecule has 1 aromatic rings. The Morgan fingerprint density at radius 2 is 2.23 bits per heavy atom. The maximum Gasteiger partial charge on any atom is 0.190 e. The summed E-state index contributed by atoms with van der Waals surface area (Å²) in [6.07, 6.45) is 0.554. The lowest BCUT2D eigenvalue weighted by Gasteiger charge is -2.03. The van der Waals surface area contributed by atoms with E-state index in [0.717, 1.165) is 23.2 Å². The molecule has 1 unspecified atom stereocenters. The Hall–Kier alpha value is -0.550. The van der Waals surface area contributed by atoms with E-state index in [-0.39, 0.29) is 6.10 Å². The first kappa shape index (κ1) is 10.5. The van der Waals surface area contributed by atoms with Crippen molar-refractivity contribution in [3.8, 4) is 0 Å². The van der Waals surface area contributed by atoms with Gasteiger partial charge in [0.2, 0.25) is 0 Å². The van der Waals surface area contributed by atoms with E-state index in [2.05, 4.69) is 10.2 Å². The smallest absolute Gasteiger partial charge is 0.190 e. The molecular formula is C8H15N3OS. The van der Waals surface area contributed by atoms with Crippen molar-refractivity contribution < 1.29 is 5.11 Å². The van der Waals surface area contributed by atoms with Crippen LogP contribution in [0.2, 0.25) is 0 Å². The van der Waals surface area contributed by atoms with Gasteiger partial charge in [0.15, 0.2) is 5.16 Å². The molecule has 1 atom stereocenters. The highest BCUT2D eigenvalue weighted by atomic mass is 32.2. The Morgan fingerprint density at radius 1 is 1.54 bits per heavy atom. The molecule has 0 aliphatic carbocycles. The molecule has 1 aromatic heterocycles. The highest BCUT2D eigenvalue weighted by molar-refractivity contribution is 7.99. The van der Waals surface area contributed by atoms with Gasteiger partial charge in [0.05, 0.1) is 6.10 Å². The normalized spacial score (nSPS) is 13.2. The predicted molar refractivity (Wildman–Crippen MR) is 52.8 cm³/mol. The third-order valence-corrected chi connectivity index (χ3v) is 2.87. The second kappa shape index (κ2) is 4.62. The Balaban J connectivity index is 2.41. The van der Waals surface area contributed by atoms with Crippen LogP contribution >= 0.6 is 11.8 Å². The largest absolute Gasteiger partial charge is 0.393 e. The summed E-state index contributed by atoms with van der Waals surface area (Å²) in [5, 5.41) is 17.9. The van der Waals surface area contributed by atoms with Crippen LogP contribution in [0.3, 0.4) is 0 Å². The molecule has 1 rings (SSSR count). The molecule has 0 aliphatic heterocycles. The third-order valence-electron chi connectivity index (χ3n) is 1.82. The summed E-state index contributed by atoms with van der Waals surface area (Å²) in [4.78, 5) is 0. The molecule has 0 saturated heterocycles. The van der Waals surface area contributed by atoms with Crippen LogP contribution in [0.1, 0.15) is 19.2 Å². The molecule has 0 radical (unpaired) electrons. The van der Waals surface area contributed by atoms with Gasteiger partial charge in [0.1, 0.15) is 5.82 Å². The van der Waals surface area contributed by atoms with E-state index in [1.807, 2.05) is 18.5 Å². The van der Waals surface area contributed by atoms with Crippen LogP contribution < -0.4 is 0 Å². The summed E-state index contributed by atoms with van der Waals surface area (Å²) in [7, 11) is 1.94. The molecule has 74 valence electrons. The zero-order valence-corrected chi connectivity index (χ0v) is 9.01. The fourth-order valence-corrected chi connectivity index (χ4v) is 1.90. The van der Waals surface area contributed by atoms with Crippen molar-refractivity contribution in [2.45, 2.75) is 31.5 Å². The molecule has 1 N–H and O–H groups in total. The molecule has 4 nitrogen and oxygen atoms in total. The van der Waals surface area contributed by atoms with Gasteiger partial charge in [-0.25, -0.2) is 0 Å². The number of hydrogen-bond donors (Lipinski definition) is 1. The summed E-state index contributed by atoms with van der Waals surface area (Å²) in [6.45, 7) is 3.72. The highest BCUT2D eigenvalue weighted by Crippen LogP contribution is 2.16. The van der Waals surface area contributed by atoms with Crippen molar-refractivity contribution in [1.29, 1.82) is 0 Å². The Labute approximate surface area is 82.4 Å². The van der Waals surface area contributed by atoms with Crippen molar-refractivity contribution in [1.82, 2.24) is 14.8 Å². The van der Waals surface area contributed by atoms with Crippen molar-refractivity contribution in [2.75, 3.05) is 5.75 Å². The Bertz CT molecular complexity index is 272. The summed E-state index contributed by atoms with van der Waals surface area (Å²) >= 11 is 1.63. The van der Waals surface area contributed by atoms with Crippen LogP contribution in [0.15, 0.2) is 5.16 Å². The SMILES string of the molecule is Cc1nnc(SCCC(C)O)n1C. The number of nitrogens with zero attached hydrogens (tertiary/aromatic N) is 3. The van der Waals surface area contributed by atoms with Crippen molar-refractivity contribution in [2.24, 2.45) is 7.05 Å². The molecule has 0 saturated carbocycles. The molecule has 1 heterocycles.